The van der Waals surface area contributed by atoms with Gasteiger partial charge in [0.2, 0.25) is 5.91 Å². The second kappa shape index (κ2) is 11.4. The maximum atomic E-state index is 12.2. The van der Waals surface area contributed by atoms with Crippen molar-refractivity contribution >= 4 is 40.9 Å². The van der Waals surface area contributed by atoms with Crippen molar-refractivity contribution in [1.29, 1.82) is 0 Å². The second-order valence-electron chi connectivity index (χ2n) is 6.80. The van der Waals surface area contributed by atoms with E-state index in [9.17, 15) is 4.79 Å². The van der Waals surface area contributed by atoms with E-state index in [0.29, 0.717) is 50.3 Å². The number of aromatic nitrogens is 3. The molecule has 0 fully saturated rings. The normalized spacial score (nSPS) is 10.8. The van der Waals surface area contributed by atoms with E-state index in [-0.39, 0.29) is 11.7 Å². The number of benzene rings is 2. The van der Waals surface area contributed by atoms with Crippen LogP contribution in [-0.2, 0) is 4.79 Å². The zero-order valence-corrected chi connectivity index (χ0v) is 20.4. The first kappa shape index (κ1) is 24.2. The molecule has 1 N–H and O–H groups in total. The minimum Gasteiger partial charge on any atom is -0.496 e. The fourth-order valence-corrected chi connectivity index (χ4v) is 4.21. The summed E-state index contributed by atoms with van der Waals surface area (Å²) >= 11 is 13.9. The third kappa shape index (κ3) is 5.68. The van der Waals surface area contributed by atoms with Gasteiger partial charge in [0.25, 0.3) is 0 Å². The van der Waals surface area contributed by atoms with Crippen LogP contribution in [0.5, 0.6) is 11.5 Å². The third-order valence-corrected chi connectivity index (χ3v) is 6.07. The molecular weight excluding hydrogens is 471 g/mol. The monoisotopic (exact) mass is 494 g/mol. The molecule has 3 aromatic rings. The largest absolute Gasteiger partial charge is 0.496 e. The third-order valence-electron chi connectivity index (χ3n) is 4.61. The molecule has 2 aromatic carbocycles. The molecule has 1 aromatic heterocycles. The molecule has 170 valence electrons. The topological polar surface area (TPSA) is 78.3 Å². The van der Waals surface area contributed by atoms with Crippen molar-refractivity contribution in [3.05, 3.63) is 46.4 Å². The SMILES string of the molecule is CCCCNC(=O)CSc1nnc(-c2cc(Cl)ccc2OC)n1-c1ccc(OC)c(Cl)c1. The van der Waals surface area contributed by atoms with E-state index in [1.165, 1.54) is 11.8 Å². The molecule has 0 radical (unpaired) electrons. The van der Waals surface area contributed by atoms with E-state index in [2.05, 4.69) is 22.4 Å². The molecule has 0 saturated heterocycles. The van der Waals surface area contributed by atoms with Gasteiger partial charge < -0.3 is 14.8 Å². The van der Waals surface area contributed by atoms with Gasteiger partial charge in [-0.1, -0.05) is 48.3 Å². The Bertz CT molecular complexity index is 1090. The molecule has 3 rings (SSSR count). The van der Waals surface area contributed by atoms with Gasteiger partial charge in [0, 0.05) is 11.6 Å². The fraction of sp³-hybridized carbons (Fsp3) is 0.318. The summed E-state index contributed by atoms with van der Waals surface area (Å²) in [7, 11) is 3.13. The van der Waals surface area contributed by atoms with Crippen LogP contribution in [0.1, 0.15) is 19.8 Å². The highest BCUT2D eigenvalue weighted by molar-refractivity contribution is 7.99. The van der Waals surface area contributed by atoms with Crippen molar-refractivity contribution in [2.75, 3.05) is 26.5 Å². The maximum absolute atomic E-state index is 12.2. The molecule has 0 aliphatic carbocycles. The lowest BCUT2D eigenvalue weighted by atomic mass is 10.2. The molecule has 0 bridgehead atoms. The Kier molecular flexibility index (Phi) is 8.67. The van der Waals surface area contributed by atoms with Crippen LogP contribution in [0.4, 0.5) is 0 Å². The first-order chi connectivity index (χ1) is 15.5. The maximum Gasteiger partial charge on any atom is 0.230 e. The average Bonchev–Trinajstić information content (AvgIpc) is 3.21. The zero-order valence-electron chi connectivity index (χ0n) is 18.0. The van der Waals surface area contributed by atoms with Crippen molar-refractivity contribution in [1.82, 2.24) is 20.1 Å². The number of carbonyl (C=O) groups is 1. The summed E-state index contributed by atoms with van der Waals surface area (Å²) in [6, 6.07) is 10.6. The number of nitrogens with one attached hydrogen (secondary N) is 1. The molecule has 10 heteroatoms. The zero-order chi connectivity index (χ0) is 23.1. The second-order valence-corrected chi connectivity index (χ2v) is 8.58. The minimum atomic E-state index is -0.0624. The van der Waals surface area contributed by atoms with Crippen LogP contribution in [0.2, 0.25) is 10.0 Å². The van der Waals surface area contributed by atoms with Gasteiger partial charge in [0.15, 0.2) is 11.0 Å². The van der Waals surface area contributed by atoms with E-state index in [1.807, 2.05) is 10.6 Å². The Hall–Kier alpha value is -2.42. The van der Waals surface area contributed by atoms with Gasteiger partial charge in [-0.25, -0.2) is 0 Å². The number of halogens is 2. The van der Waals surface area contributed by atoms with Crippen molar-refractivity contribution < 1.29 is 14.3 Å². The Morgan fingerprint density at radius 1 is 1.09 bits per heavy atom. The molecular formula is C22H24Cl2N4O3S. The summed E-state index contributed by atoms with van der Waals surface area (Å²) in [6.07, 6.45) is 1.96. The number of nitrogens with zero attached hydrogens (tertiary/aromatic N) is 3. The van der Waals surface area contributed by atoms with E-state index < -0.39 is 0 Å². The van der Waals surface area contributed by atoms with Crippen LogP contribution < -0.4 is 14.8 Å². The predicted octanol–water partition coefficient (Wildman–Crippen LogP) is 5.27. The number of hydrogen-bond acceptors (Lipinski definition) is 6. The summed E-state index contributed by atoms with van der Waals surface area (Å²) in [5.41, 5.74) is 1.38. The van der Waals surface area contributed by atoms with Crippen LogP contribution in [0.25, 0.3) is 17.1 Å². The molecule has 0 aliphatic rings. The van der Waals surface area contributed by atoms with E-state index in [0.717, 1.165) is 12.8 Å². The van der Waals surface area contributed by atoms with Crippen molar-refractivity contribution in [2.45, 2.75) is 24.9 Å². The Morgan fingerprint density at radius 3 is 2.53 bits per heavy atom. The van der Waals surface area contributed by atoms with E-state index in [1.54, 1.807) is 44.6 Å². The number of ether oxygens (including phenoxy) is 2. The average molecular weight is 495 g/mol. The molecule has 0 aliphatic heterocycles. The van der Waals surface area contributed by atoms with Gasteiger partial charge in [-0.05, 0) is 42.8 Å². The van der Waals surface area contributed by atoms with Crippen LogP contribution >= 0.6 is 35.0 Å². The lowest BCUT2D eigenvalue weighted by molar-refractivity contribution is -0.118. The first-order valence-corrected chi connectivity index (χ1v) is 11.7. The number of rotatable bonds is 10. The molecule has 0 spiro atoms. The van der Waals surface area contributed by atoms with Gasteiger partial charge in [-0.15, -0.1) is 10.2 Å². The van der Waals surface area contributed by atoms with Gasteiger partial charge in [-0.3, -0.25) is 9.36 Å². The van der Waals surface area contributed by atoms with Gasteiger partial charge in [-0.2, -0.15) is 0 Å². The fourth-order valence-electron chi connectivity index (χ4n) is 3.01. The van der Waals surface area contributed by atoms with Gasteiger partial charge in [0.05, 0.1) is 36.2 Å². The highest BCUT2D eigenvalue weighted by Gasteiger charge is 2.21. The van der Waals surface area contributed by atoms with Crippen LogP contribution in [0.3, 0.4) is 0 Å². The molecule has 32 heavy (non-hydrogen) atoms. The molecule has 0 saturated carbocycles. The lowest BCUT2D eigenvalue weighted by Gasteiger charge is -2.14. The molecule has 1 amide bonds. The Morgan fingerprint density at radius 2 is 1.84 bits per heavy atom. The van der Waals surface area contributed by atoms with Crippen LogP contribution in [0.15, 0.2) is 41.6 Å². The predicted molar refractivity (Wildman–Crippen MR) is 129 cm³/mol. The highest BCUT2D eigenvalue weighted by Crippen LogP contribution is 2.36. The Labute approximate surface area is 201 Å². The van der Waals surface area contributed by atoms with Crippen molar-refractivity contribution in [2.24, 2.45) is 0 Å². The minimum absolute atomic E-state index is 0.0624. The smallest absolute Gasteiger partial charge is 0.230 e. The molecule has 7 nitrogen and oxygen atoms in total. The van der Waals surface area contributed by atoms with Crippen molar-refractivity contribution in [3.63, 3.8) is 0 Å². The number of hydrogen-bond donors (Lipinski definition) is 1. The van der Waals surface area contributed by atoms with E-state index in [4.69, 9.17) is 32.7 Å². The van der Waals surface area contributed by atoms with Crippen LogP contribution in [0, 0.1) is 0 Å². The summed E-state index contributed by atoms with van der Waals surface area (Å²) in [5.74, 6) is 1.80. The summed E-state index contributed by atoms with van der Waals surface area (Å²) < 4.78 is 12.6. The number of carbonyl (C=O) groups excluding carboxylic acids is 1. The lowest BCUT2D eigenvalue weighted by Crippen LogP contribution is -2.26. The summed E-state index contributed by atoms with van der Waals surface area (Å²) in [4.78, 5) is 12.2. The number of methoxy groups -OCH3 is 2. The standard InChI is InChI=1S/C22H24Cl2N4O3S/c1-4-5-10-25-20(29)13-32-22-27-26-21(16-11-14(23)6-8-18(16)30-2)28(22)15-7-9-19(31-3)17(24)12-15/h6-9,11-12H,4-5,10,13H2,1-3H3,(H,25,29). The quantitative estimate of drug-likeness (QED) is 0.305. The van der Waals surface area contributed by atoms with Crippen LogP contribution in [-0.4, -0.2) is 47.2 Å². The molecule has 0 atom stereocenters. The summed E-state index contributed by atoms with van der Waals surface area (Å²) in [5, 5.41) is 13.1. The Balaban J connectivity index is 2.02. The van der Waals surface area contributed by atoms with Gasteiger partial charge >= 0.3 is 0 Å². The number of thioether (sulfide) groups is 1. The number of amides is 1. The highest BCUT2D eigenvalue weighted by atomic mass is 35.5. The molecule has 0 unspecified atom stereocenters. The van der Waals surface area contributed by atoms with Crippen molar-refractivity contribution in [3.8, 4) is 28.6 Å². The van der Waals surface area contributed by atoms with Gasteiger partial charge in [0.1, 0.15) is 11.5 Å². The number of unbranched alkanes of at least 4 members (excludes halogenated alkanes) is 1. The molecule has 1 heterocycles. The van der Waals surface area contributed by atoms with E-state index >= 15 is 0 Å². The summed E-state index contributed by atoms with van der Waals surface area (Å²) in [6.45, 7) is 2.73. The first-order valence-electron chi connectivity index (χ1n) is 10.0.